The van der Waals surface area contributed by atoms with E-state index in [4.69, 9.17) is 0 Å². The summed E-state index contributed by atoms with van der Waals surface area (Å²) in [5.74, 6) is -0.133. The standard InChI is InChI=1S/C17H13N2O.C5H5.Fe/c20-17(14-9-11-18-12-10-14)19-16-8-4-3-7-15(16)13-5-1-2-6-13;1-2-4-5-3-1;/h1-12H,(H,19,20);1-5H;/q-1;-5;. The summed E-state index contributed by atoms with van der Waals surface area (Å²) in [4.78, 5) is 16.1. The number of carbonyl (C=O) groups is 1. The molecule has 1 aromatic heterocycles. The molecule has 0 aliphatic carbocycles. The average Bonchev–Trinajstić information content (AvgIpc) is 3.39. The van der Waals surface area contributed by atoms with Gasteiger partial charge in [0.05, 0.1) is 0 Å². The third-order valence-electron chi connectivity index (χ3n) is 3.65. The van der Waals surface area contributed by atoms with Crippen molar-refractivity contribution in [3.63, 3.8) is 0 Å². The molecular formula is C22H18FeN2O-6. The SMILES string of the molecule is O=C(Nc1ccccc1-[c-]1cccc1)c1ccncc1.[Fe].[cH-]1[cH-][cH-][cH-][cH-]1. The maximum Gasteiger partial charge on any atom is 0.249 e. The van der Waals surface area contributed by atoms with E-state index in [9.17, 15) is 4.79 Å². The molecule has 0 aliphatic rings. The predicted molar refractivity (Wildman–Crippen MR) is 102 cm³/mol. The van der Waals surface area contributed by atoms with E-state index in [1.54, 1.807) is 24.5 Å². The average molecular weight is 382 g/mol. The summed E-state index contributed by atoms with van der Waals surface area (Å²) in [6.07, 6.45) is 3.22. The Kier molecular flexibility index (Phi) is 7.56. The van der Waals surface area contributed by atoms with E-state index in [-0.39, 0.29) is 23.0 Å². The zero-order valence-electron chi connectivity index (χ0n) is 14.0. The van der Waals surface area contributed by atoms with Crippen LogP contribution in [0.4, 0.5) is 5.69 Å². The van der Waals surface area contributed by atoms with Gasteiger partial charge in [0, 0.05) is 35.0 Å². The summed E-state index contributed by atoms with van der Waals surface area (Å²) in [6.45, 7) is 0. The number of nitrogens with zero attached hydrogens (tertiary/aromatic N) is 1. The molecule has 0 unspecified atom stereocenters. The van der Waals surface area contributed by atoms with Gasteiger partial charge in [0.2, 0.25) is 5.91 Å². The second-order valence-corrected chi connectivity index (χ2v) is 5.37. The quantitative estimate of drug-likeness (QED) is 0.395. The largest absolute Gasteiger partial charge is 0.748 e. The van der Waals surface area contributed by atoms with Gasteiger partial charge in [-0.05, 0) is 17.8 Å². The van der Waals surface area contributed by atoms with E-state index in [2.05, 4.69) is 10.3 Å². The van der Waals surface area contributed by atoms with Crippen molar-refractivity contribution in [3.8, 4) is 11.1 Å². The Morgan fingerprint density at radius 2 is 1.42 bits per heavy atom. The predicted octanol–water partition coefficient (Wildman–Crippen LogP) is 5.12. The van der Waals surface area contributed by atoms with Gasteiger partial charge in [-0.3, -0.25) is 9.78 Å². The molecule has 0 spiro atoms. The van der Waals surface area contributed by atoms with Crippen molar-refractivity contribution in [2.24, 2.45) is 0 Å². The Labute approximate surface area is 163 Å². The molecule has 3 aromatic carbocycles. The Balaban J connectivity index is 0.000000351. The topological polar surface area (TPSA) is 42.0 Å². The van der Waals surface area contributed by atoms with Crippen LogP contribution in [-0.2, 0) is 17.1 Å². The van der Waals surface area contributed by atoms with E-state index in [1.165, 1.54) is 0 Å². The maximum atomic E-state index is 12.2. The van der Waals surface area contributed by atoms with E-state index in [0.29, 0.717) is 5.56 Å². The summed E-state index contributed by atoms with van der Waals surface area (Å²) in [6, 6.07) is 29.2. The molecule has 4 heteroatoms. The minimum absolute atomic E-state index is 0. The fourth-order valence-electron chi connectivity index (χ4n) is 2.42. The summed E-state index contributed by atoms with van der Waals surface area (Å²) in [7, 11) is 0. The second-order valence-electron chi connectivity index (χ2n) is 5.37. The van der Waals surface area contributed by atoms with Crippen LogP contribution in [0.2, 0.25) is 0 Å². The Hall–Kier alpha value is -2.94. The van der Waals surface area contributed by atoms with Gasteiger partial charge in [0.25, 0.3) is 0 Å². The number of amides is 1. The first kappa shape index (κ1) is 19.4. The smallest absolute Gasteiger partial charge is 0.249 e. The first-order valence-corrected chi connectivity index (χ1v) is 8.04. The van der Waals surface area contributed by atoms with Crippen molar-refractivity contribution in [1.82, 2.24) is 4.98 Å². The normalized spacial score (nSPS) is 9.38. The van der Waals surface area contributed by atoms with Gasteiger partial charge in [-0.1, -0.05) is 29.3 Å². The zero-order chi connectivity index (χ0) is 17.3. The van der Waals surface area contributed by atoms with Gasteiger partial charge in [-0.15, -0.1) is 18.2 Å². The van der Waals surface area contributed by atoms with Crippen molar-refractivity contribution in [3.05, 3.63) is 109 Å². The number of hydrogen-bond acceptors (Lipinski definition) is 2. The van der Waals surface area contributed by atoms with Crippen LogP contribution in [0.15, 0.2) is 103 Å². The summed E-state index contributed by atoms with van der Waals surface area (Å²) < 4.78 is 0. The number of hydrogen-bond donors (Lipinski definition) is 1. The van der Waals surface area contributed by atoms with Crippen LogP contribution >= 0.6 is 0 Å². The molecule has 0 saturated heterocycles. The molecule has 4 rings (SSSR count). The molecule has 1 amide bonds. The first-order chi connectivity index (χ1) is 12.3. The van der Waals surface area contributed by atoms with Crippen molar-refractivity contribution in [2.45, 2.75) is 0 Å². The minimum Gasteiger partial charge on any atom is -0.748 e. The van der Waals surface area contributed by atoms with Gasteiger partial charge in [0.15, 0.2) is 0 Å². The molecule has 0 bridgehead atoms. The van der Waals surface area contributed by atoms with Gasteiger partial charge in [-0.2, -0.15) is 12.1 Å². The molecule has 0 fully saturated rings. The molecule has 0 radical (unpaired) electrons. The van der Waals surface area contributed by atoms with Crippen LogP contribution in [0.25, 0.3) is 11.1 Å². The number of pyridine rings is 1. The summed E-state index contributed by atoms with van der Waals surface area (Å²) in [5, 5.41) is 2.95. The van der Waals surface area contributed by atoms with Gasteiger partial charge in [0.1, 0.15) is 0 Å². The van der Waals surface area contributed by atoms with E-state index in [1.807, 2.05) is 78.9 Å². The molecule has 1 heterocycles. The first-order valence-electron chi connectivity index (χ1n) is 8.04. The number of aromatic nitrogens is 1. The van der Waals surface area contributed by atoms with E-state index < -0.39 is 0 Å². The number of benzene rings is 1. The Morgan fingerprint density at radius 1 is 0.846 bits per heavy atom. The van der Waals surface area contributed by atoms with Crippen molar-refractivity contribution in [2.75, 3.05) is 5.32 Å². The molecule has 3 nitrogen and oxygen atoms in total. The molecule has 0 atom stereocenters. The fourth-order valence-corrected chi connectivity index (χ4v) is 2.42. The van der Waals surface area contributed by atoms with E-state index in [0.717, 1.165) is 16.8 Å². The van der Waals surface area contributed by atoms with Crippen LogP contribution in [-0.4, -0.2) is 10.9 Å². The summed E-state index contributed by atoms with van der Waals surface area (Å²) in [5.41, 5.74) is 3.51. The third-order valence-corrected chi connectivity index (χ3v) is 3.65. The maximum absolute atomic E-state index is 12.2. The second kappa shape index (κ2) is 10.1. The number of rotatable bonds is 3. The van der Waals surface area contributed by atoms with Crippen LogP contribution in [0, 0.1) is 0 Å². The molecule has 26 heavy (non-hydrogen) atoms. The number of anilines is 1. The van der Waals surface area contributed by atoms with Crippen LogP contribution in [0.1, 0.15) is 10.4 Å². The zero-order valence-corrected chi connectivity index (χ0v) is 15.1. The van der Waals surface area contributed by atoms with Crippen LogP contribution in [0.3, 0.4) is 0 Å². The monoisotopic (exact) mass is 382 g/mol. The van der Waals surface area contributed by atoms with Crippen LogP contribution in [0.5, 0.6) is 0 Å². The fraction of sp³-hybridized carbons (Fsp3) is 0. The van der Waals surface area contributed by atoms with Crippen molar-refractivity contribution < 1.29 is 21.9 Å². The minimum atomic E-state index is -0.133. The Morgan fingerprint density at radius 3 is 2.04 bits per heavy atom. The van der Waals surface area contributed by atoms with Gasteiger partial charge < -0.3 is 35.6 Å². The van der Waals surface area contributed by atoms with Crippen molar-refractivity contribution >= 4 is 11.6 Å². The number of para-hydroxylation sites is 1. The third kappa shape index (κ3) is 5.28. The van der Waals surface area contributed by atoms with Crippen LogP contribution < -0.4 is 5.32 Å². The van der Waals surface area contributed by atoms with E-state index >= 15 is 0 Å². The molecular weight excluding hydrogens is 364 g/mol. The summed E-state index contributed by atoms with van der Waals surface area (Å²) >= 11 is 0. The molecule has 136 valence electrons. The molecule has 1 N–H and O–H groups in total. The number of carbonyl (C=O) groups excluding carboxylic acids is 1. The van der Waals surface area contributed by atoms with Gasteiger partial charge in [-0.25, -0.2) is 0 Å². The van der Waals surface area contributed by atoms with Gasteiger partial charge >= 0.3 is 0 Å². The molecule has 0 saturated carbocycles. The molecule has 4 aromatic rings. The Bertz CT molecular complexity index is 868. The van der Waals surface area contributed by atoms with Crippen molar-refractivity contribution in [1.29, 1.82) is 0 Å². The molecule has 0 aliphatic heterocycles. The number of nitrogens with one attached hydrogen (secondary N) is 1.